The minimum Gasteiger partial charge on any atom is -0.383 e. The summed E-state index contributed by atoms with van der Waals surface area (Å²) in [6.45, 7) is 1.58. The maximum Gasteiger partial charge on any atom is 0.318 e. The molecule has 0 spiro atoms. The Labute approximate surface area is 118 Å². The fourth-order valence-corrected chi connectivity index (χ4v) is 1.44. The van der Waals surface area contributed by atoms with E-state index in [2.05, 4.69) is 0 Å². The monoisotopic (exact) mass is 289 g/mol. The summed E-state index contributed by atoms with van der Waals surface area (Å²) in [6.07, 6.45) is 0.800. The molecular weight excluding hydrogens is 266 g/mol. The van der Waals surface area contributed by atoms with Gasteiger partial charge in [-0.25, -0.2) is 0 Å². The molecule has 0 rings (SSSR count). The molecule has 0 fully saturated rings. The number of carbonyl (C=O) groups is 3. The minimum atomic E-state index is -0.861. The van der Waals surface area contributed by atoms with E-state index in [0.29, 0.717) is 32.6 Å². The number of methoxy groups -OCH3 is 2. The van der Waals surface area contributed by atoms with E-state index in [1.165, 1.54) is 19.1 Å². The molecule has 8 nitrogen and oxygen atoms in total. The topological polar surface area (TPSA) is 102 Å². The Kier molecular flexibility index (Phi) is 10.5. The van der Waals surface area contributed by atoms with Crippen LogP contribution >= 0.6 is 0 Å². The van der Waals surface area contributed by atoms with Crippen LogP contribution in [0.15, 0.2) is 0 Å². The van der Waals surface area contributed by atoms with Crippen molar-refractivity contribution in [2.75, 3.05) is 53.6 Å². The van der Waals surface area contributed by atoms with Crippen molar-refractivity contribution in [1.29, 1.82) is 0 Å². The average Bonchev–Trinajstić information content (AvgIpc) is 2.47. The number of rotatable bonds is 10. The van der Waals surface area contributed by atoms with Gasteiger partial charge in [0.2, 0.25) is 6.41 Å². The number of imide groups is 1. The number of hydrogen-bond acceptors (Lipinski definition) is 6. The maximum atomic E-state index is 12.1. The molecule has 0 saturated heterocycles. The van der Waals surface area contributed by atoms with Gasteiger partial charge in [-0.1, -0.05) is 0 Å². The van der Waals surface area contributed by atoms with Crippen LogP contribution in [0.1, 0.15) is 6.42 Å². The fourth-order valence-electron chi connectivity index (χ4n) is 1.44. The molecule has 2 N–H and O–H groups in total. The lowest BCUT2D eigenvalue weighted by molar-refractivity contribution is -0.154. The molecule has 0 aromatic carbocycles. The number of hydrogen-bond donors (Lipinski definition) is 1. The number of carbonyl (C=O) groups excluding carboxylic acids is 3. The lowest BCUT2D eigenvalue weighted by Gasteiger charge is -2.23. The minimum absolute atomic E-state index is 0.132. The van der Waals surface area contributed by atoms with E-state index < -0.39 is 11.8 Å². The van der Waals surface area contributed by atoms with Gasteiger partial charge in [-0.3, -0.25) is 19.3 Å². The number of nitrogens with zero attached hydrogens (tertiary/aromatic N) is 2. The van der Waals surface area contributed by atoms with E-state index in [1.54, 1.807) is 0 Å². The summed E-state index contributed by atoms with van der Waals surface area (Å²) < 4.78 is 9.78. The molecular formula is C12H23N3O5. The average molecular weight is 289 g/mol. The van der Waals surface area contributed by atoms with E-state index in [1.807, 2.05) is 0 Å². The molecule has 0 bridgehead atoms. The van der Waals surface area contributed by atoms with E-state index in [9.17, 15) is 14.4 Å². The number of nitrogens with two attached hydrogens (primary N) is 1. The molecule has 8 heteroatoms. The first-order valence-corrected chi connectivity index (χ1v) is 6.35. The standard InChI is InChI=1S/C12H23N3O5/c1-19-8-6-14(7-9-20-2)11(17)12(18)15(10-16)5-3-4-13/h10H,3-9,13H2,1-2H3. The predicted octanol–water partition coefficient (Wildman–Crippen LogP) is -1.56. The van der Waals surface area contributed by atoms with Crippen LogP contribution in [0.3, 0.4) is 0 Å². The van der Waals surface area contributed by atoms with Crippen LogP contribution in [0.2, 0.25) is 0 Å². The lowest BCUT2D eigenvalue weighted by atomic mass is 10.3. The molecule has 3 amide bonds. The summed E-state index contributed by atoms with van der Waals surface area (Å²) in [7, 11) is 3.00. The Morgan fingerprint density at radius 2 is 1.60 bits per heavy atom. The molecule has 20 heavy (non-hydrogen) atoms. The first-order valence-electron chi connectivity index (χ1n) is 6.35. The summed E-state index contributed by atoms with van der Waals surface area (Å²) in [5.74, 6) is -1.61. The van der Waals surface area contributed by atoms with Crippen LogP contribution in [0.25, 0.3) is 0 Å². The van der Waals surface area contributed by atoms with Crippen molar-refractivity contribution in [3.63, 3.8) is 0 Å². The third-order valence-corrected chi connectivity index (χ3v) is 2.59. The van der Waals surface area contributed by atoms with Crippen molar-refractivity contribution in [2.45, 2.75) is 6.42 Å². The van der Waals surface area contributed by atoms with Crippen molar-refractivity contribution in [1.82, 2.24) is 9.80 Å². The van der Waals surface area contributed by atoms with Crippen LogP contribution in [0.4, 0.5) is 0 Å². The molecule has 0 aliphatic rings. The van der Waals surface area contributed by atoms with Gasteiger partial charge in [0.25, 0.3) is 0 Å². The molecule has 0 atom stereocenters. The van der Waals surface area contributed by atoms with Crippen LogP contribution in [0.5, 0.6) is 0 Å². The lowest BCUT2D eigenvalue weighted by Crippen LogP contribution is -2.47. The van der Waals surface area contributed by atoms with E-state index in [-0.39, 0.29) is 19.6 Å². The number of amides is 3. The van der Waals surface area contributed by atoms with Gasteiger partial charge >= 0.3 is 11.8 Å². The van der Waals surface area contributed by atoms with Crippen LogP contribution < -0.4 is 5.73 Å². The van der Waals surface area contributed by atoms with Crippen molar-refractivity contribution in [3.05, 3.63) is 0 Å². The Morgan fingerprint density at radius 1 is 1.05 bits per heavy atom. The van der Waals surface area contributed by atoms with Gasteiger partial charge in [0, 0.05) is 33.9 Å². The smallest absolute Gasteiger partial charge is 0.318 e. The Hall–Kier alpha value is -1.51. The highest BCUT2D eigenvalue weighted by Gasteiger charge is 2.26. The van der Waals surface area contributed by atoms with Gasteiger partial charge in [-0.05, 0) is 13.0 Å². The highest BCUT2D eigenvalue weighted by molar-refractivity contribution is 6.36. The van der Waals surface area contributed by atoms with Gasteiger partial charge in [-0.2, -0.15) is 0 Å². The molecule has 0 radical (unpaired) electrons. The van der Waals surface area contributed by atoms with Crippen molar-refractivity contribution in [2.24, 2.45) is 5.73 Å². The Bertz CT molecular complexity index is 303. The molecule has 0 saturated carbocycles. The summed E-state index contributed by atoms with van der Waals surface area (Å²) in [5.41, 5.74) is 5.32. The highest BCUT2D eigenvalue weighted by Crippen LogP contribution is 1.97. The SMILES string of the molecule is COCCN(CCOC)C(=O)C(=O)N(C=O)CCCN. The third-order valence-electron chi connectivity index (χ3n) is 2.59. The van der Waals surface area contributed by atoms with Crippen LogP contribution in [0, 0.1) is 0 Å². The second kappa shape index (κ2) is 11.3. The zero-order valence-corrected chi connectivity index (χ0v) is 12.0. The fraction of sp³-hybridized carbons (Fsp3) is 0.750. The summed E-state index contributed by atoms with van der Waals surface area (Å²) in [4.78, 5) is 37.0. The molecule has 0 aromatic rings. The highest BCUT2D eigenvalue weighted by atomic mass is 16.5. The second-order valence-corrected chi connectivity index (χ2v) is 4.02. The molecule has 0 aliphatic heterocycles. The summed E-state index contributed by atoms with van der Waals surface area (Å²) in [5, 5.41) is 0. The van der Waals surface area contributed by atoms with E-state index in [0.717, 1.165) is 4.90 Å². The summed E-state index contributed by atoms with van der Waals surface area (Å²) >= 11 is 0. The Balaban J connectivity index is 4.65. The molecule has 0 unspecified atom stereocenters. The van der Waals surface area contributed by atoms with E-state index in [4.69, 9.17) is 15.2 Å². The molecule has 0 aromatic heterocycles. The van der Waals surface area contributed by atoms with Gasteiger partial charge in [0.1, 0.15) is 0 Å². The quantitative estimate of drug-likeness (QED) is 0.385. The van der Waals surface area contributed by atoms with Gasteiger partial charge in [0.05, 0.1) is 13.2 Å². The maximum absolute atomic E-state index is 12.1. The molecule has 0 aliphatic carbocycles. The van der Waals surface area contributed by atoms with Gasteiger partial charge in [0.15, 0.2) is 0 Å². The first-order chi connectivity index (χ1) is 9.62. The van der Waals surface area contributed by atoms with Crippen molar-refractivity contribution < 1.29 is 23.9 Å². The largest absolute Gasteiger partial charge is 0.383 e. The van der Waals surface area contributed by atoms with Crippen LogP contribution in [-0.2, 0) is 23.9 Å². The number of ether oxygens (including phenoxy) is 2. The molecule has 116 valence electrons. The molecule has 0 heterocycles. The zero-order chi connectivity index (χ0) is 15.4. The zero-order valence-electron chi connectivity index (χ0n) is 12.0. The van der Waals surface area contributed by atoms with Crippen molar-refractivity contribution >= 4 is 18.2 Å². The van der Waals surface area contributed by atoms with Crippen molar-refractivity contribution in [3.8, 4) is 0 Å². The van der Waals surface area contributed by atoms with E-state index >= 15 is 0 Å². The van der Waals surface area contributed by atoms with Gasteiger partial charge < -0.3 is 20.1 Å². The van der Waals surface area contributed by atoms with Crippen LogP contribution in [-0.4, -0.2) is 81.6 Å². The normalized spacial score (nSPS) is 10.2. The third kappa shape index (κ3) is 6.60. The Morgan fingerprint density at radius 3 is 2.00 bits per heavy atom. The first kappa shape index (κ1) is 18.5. The van der Waals surface area contributed by atoms with Gasteiger partial charge in [-0.15, -0.1) is 0 Å². The predicted molar refractivity (Wildman–Crippen MR) is 71.8 cm³/mol. The second-order valence-electron chi connectivity index (χ2n) is 4.02. The summed E-state index contributed by atoms with van der Waals surface area (Å²) in [6, 6.07) is 0.